The van der Waals surface area contributed by atoms with E-state index in [1.807, 2.05) is 14.0 Å². The van der Waals surface area contributed by atoms with Gasteiger partial charge in [0, 0.05) is 31.1 Å². The predicted molar refractivity (Wildman–Crippen MR) is 94.8 cm³/mol. The van der Waals surface area contributed by atoms with Crippen molar-refractivity contribution in [3.63, 3.8) is 0 Å². The number of amides is 1. The number of likely N-dealkylation sites (N-methyl/N-ethyl adjacent to an activating group) is 1. The van der Waals surface area contributed by atoms with Crippen molar-refractivity contribution in [2.24, 2.45) is 0 Å². The van der Waals surface area contributed by atoms with Crippen molar-refractivity contribution in [1.29, 1.82) is 0 Å². The molecule has 0 radical (unpaired) electrons. The maximum absolute atomic E-state index is 12.2. The zero-order valence-corrected chi connectivity index (χ0v) is 15.3. The van der Waals surface area contributed by atoms with Crippen LogP contribution in [0.15, 0.2) is 17.5 Å². The fraction of sp³-hybridized carbons (Fsp3) is 0.706. The Morgan fingerprint density at radius 3 is 2.83 bits per heavy atom. The third-order valence-electron chi connectivity index (χ3n) is 4.41. The number of carbonyl (C=O) groups excluding carboxylic acids is 1. The van der Waals surface area contributed by atoms with Gasteiger partial charge in [-0.2, -0.15) is 0 Å². The van der Waals surface area contributed by atoms with Crippen LogP contribution >= 0.6 is 11.3 Å². The van der Waals surface area contributed by atoms with Crippen molar-refractivity contribution >= 4 is 17.2 Å². The Morgan fingerprint density at radius 2 is 2.22 bits per heavy atom. The Bertz CT molecular complexity index is 460. The largest absolute Gasteiger partial charge is 0.379 e. The molecule has 0 spiro atoms. The second kappa shape index (κ2) is 9.37. The van der Waals surface area contributed by atoms with E-state index in [2.05, 4.69) is 39.6 Å². The monoisotopic (exact) mass is 339 g/mol. The molecule has 5 nitrogen and oxygen atoms in total. The maximum atomic E-state index is 12.2. The first-order valence-corrected chi connectivity index (χ1v) is 9.34. The summed E-state index contributed by atoms with van der Waals surface area (Å²) in [5, 5.41) is 5.11. The van der Waals surface area contributed by atoms with Crippen molar-refractivity contribution in [2.45, 2.75) is 32.4 Å². The molecule has 0 saturated carbocycles. The molecule has 1 N–H and O–H groups in total. The molecule has 0 aliphatic carbocycles. The van der Waals surface area contributed by atoms with Crippen LogP contribution in [0.1, 0.15) is 31.2 Å². The first-order chi connectivity index (χ1) is 11.1. The van der Waals surface area contributed by atoms with Crippen LogP contribution in [0.4, 0.5) is 0 Å². The summed E-state index contributed by atoms with van der Waals surface area (Å²) in [6.07, 6.45) is 0.966. The van der Waals surface area contributed by atoms with Gasteiger partial charge in [0.25, 0.3) is 0 Å². The number of thiophene rings is 1. The first-order valence-electron chi connectivity index (χ1n) is 8.46. The fourth-order valence-corrected chi connectivity index (χ4v) is 3.63. The number of rotatable bonds is 8. The van der Waals surface area contributed by atoms with Crippen LogP contribution in [-0.4, -0.2) is 68.2 Å². The third kappa shape index (κ3) is 5.28. The highest BCUT2D eigenvalue weighted by Gasteiger charge is 2.27. The number of hydrogen-bond donors (Lipinski definition) is 1. The molecule has 0 bridgehead atoms. The average molecular weight is 340 g/mol. The molecule has 1 saturated heterocycles. The first kappa shape index (κ1) is 18.4. The molecular weight excluding hydrogens is 310 g/mol. The van der Waals surface area contributed by atoms with Gasteiger partial charge in [0.05, 0.1) is 25.3 Å². The Labute approximate surface area is 143 Å². The van der Waals surface area contributed by atoms with E-state index in [0.717, 1.165) is 45.8 Å². The molecule has 1 fully saturated rings. The number of nitrogens with one attached hydrogen (secondary N) is 1. The van der Waals surface area contributed by atoms with Gasteiger partial charge in [0.15, 0.2) is 0 Å². The van der Waals surface area contributed by atoms with Crippen LogP contribution in [0.2, 0.25) is 0 Å². The molecule has 1 aromatic rings. The van der Waals surface area contributed by atoms with Crippen LogP contribution < -0.4 is 5.32 Å². The van der Waals surface area contributed by atoms with Gasteiger partial charge in [0.2, 0.25) is 5.91 Å². The lowest BCUT2D eigenvalue weighted by atomic mass is 10.1. The van der Waals surface area contributed by atoms with Gasteiger partial charge in [-0.15, -0.1) is 11.3 Å². The van der Waals surface area contributed by atoms with Gasteiger partial charge in [-0.05, 0) is 31.8 Å². The second-order valence-corrected chi connectivity index (χ2v) is 7.07. The van der Waals surface area contributed by atoms with Crippen molar-refractivity contribution in [3.05, 3.63) is 22.4 Å². The smallest absolute Gasteiger partial charge is 0.237 e. The Hall–Kier alpha value is -0.950. The number of carbonyl (C=O) groups is 1. The van der Waals surface area contributed by atoms with Gasteiger partial charge in [-0.3, -0.25) is 14.6 Å². The van der Waals surface area contributed by atoms with E-state index in [-0.39, 0.29) is 11.9 Å². The number of ether oxygens (including phenoxy) is 1. The van der Waals surface area contributed by atoms with Crippen molar-refractivity contribution < 1.29 is 9.53 Å². The maximum Gasteiger partial charge on any atom is 0.237 e. The standard InChI is InChI=1S/C17H29N3O2S/c1-4-7-18-17(21)14(2)19(3)13-15(16-6-5-12-23-16)20-8-10-22-11-9-20/h5-6,12,14-15H,4,7-11,13H2,1-3H3,(H,18,21). The topological polar surface area (TPSA) is 44.8 Å². The quantitative estimate of drug-likeness (QED) is 0.786. The molecule has 2 heterocycles. The minimum Gasteiger partial charge on any atom is -0.379 e. The minimum atomic E-state index is -0.120. The minimum absolute atomic E-state index is 0.112. The van der Waals surface area contributed by atoms with E-state index in [1.165, 1.54) is 4.88 Å². The van der Waals surface area contributed by atoms with E-state index >= 15 is 0 Å². The number of nitrogens with zero attached hydrogens (tertiary/aromatic N) is 2. The van der Waals surface area contributed by atoms with Gasteiger partial charge in [-0.1, -0.05) is 13.0 Å². The summed E-state index contributed by atoms with van der Waals surface area (Å²) in [6.45, 7) is 9.13. The van der Waals surface area contributed by atoms with Gasteiger partial charge < -0.3 is 10.1 Å². The Balaban J connectivity index is 2.00. The lowest BCUT2D eigenvalue weighted by Gasteiger charge is -2.37. The summed E-state index contributed by atoms with van der Waals surface area (Å²) in [5.74, 6) is 0.112. The molecule has 23 heavy (non-hydrogen) atoms. The van der Waals surface area contributed by atoms with Crippen LogP contribution in [0.25, 0.3) is 0 Å². The highest BCUT2D eigenvalue weighted by molar-refractivity contribution is 7.10. The molecule has 1 amide bonds. The molecule has 2 rings (SSSR count). The highest BCUT2D eigenvalue weighted by atomic mass is 32.1. The van der Waals surface area contributed by atoms with Crippen LogP contribution in [0.5, 0.6) is 0 Å². The second-order valence-electron chi connectivity index (χ2n) is 6.09. The highest BCUT2D eigenvalue weighted by Crippen LogP contribution is 2.27. The van der Waals surface area contributed by atoms with Crippen LogP contribution in [-0.2, 0) is 9.53 Å². The lowest BCUT2D eigenvalue weighted by Crippen LogP contribution is -2.48. The fourth-order valence-electron chi connectivity index (χ4n) is 2.78. The molecule has 130 valence electrons. The van der Waals surface area contributed by atoms with E-state index < -0.39 is 0 Å². The van der Waals surface area contributed by atoms with Crippen molar-refractivity contribution in [3.8, 4) is 0 Å². The van der Waals surface area contributed by atoms with Crippen LogP contribution in [0.3, 0.4) is 0 Å². The molecule has 1 aliphatic heterocycles. The average Bonchev–Trinajstić information content (AvgIpc) is 3.11. The number of morpholine rings is 1. The van der Waals surface area contributed by atoms with Crippen molar-refractivity contribution in [1.82, 2.24) is 15.1 Å². The molecular formula is C17H29N3O2S. The molecule has 0 aromatic carbocycles. The molecule has 1 aliphatic rings. The molecule has 6 heteroatoms. The van der Waals surface area contributed by atoms with Crippen molar-refractivity contribution in [2.75, 3.05) is 46.4 Å². The summed E-state index contributed by atoms with van der Waals surface area (Å²) >= 11 is 1.79. The molecule has 2 atom stereocenters. The summed E-state index contributed by atoms with van der Waals surface area (Å²) in [6, 6.07) is 4.50. The third-order valence-corrected chi connectivity index (χ3v) is 5.38. The van der Waals surface area contributed by atoms with Gasteiger partial charge in [-0.25, -0.2) is 0 Å². The van der Waals surface area contributed by atoms with Crippen LogP contribution in [0, 0.1) is 0 Å². The van der Waals surface area contributed by atoms with Gasteiger partial charge in [0.1, 0.15) is 0 Å². The van der Waals surface area contributed by atoms with E-state index in [1.54, 1.807) is 11.3 Å². The SMILES string of the molecule is CCCNC(=O)C(C)N(C)CC(c1cccs1)N1CCOCC1. The molecule has 2 unspecified atom stereocenters. The zero-order valence-electron chi connectivity index (χ0n) is 14.5. The molecule has 1 aromatic heterocycles. The van der Waals surface area contributed by atoms with E-state index in [9.17, 15) is 4.79 Å². The Kier molecular flexibility index (Phi) is 7.49. The number of hydrogen-bond acceptors (Lipinski definition) is 5. The van der Waals surface area contributed by atoms with E-state index in [0.29, 0.717) is 6.04 Å². The Morgan fingerprint density at radius 1 is 1.48 bits per heavy atom. The predicted octanol–water partition coefficient (Wildman–Crippen LogP) is 1.97. The summed E-state index contributed by atoms with van der Waals surface area (Å²) in [5.41, 5.74) is 0. The summed E-state index contributed by atoms with van der Waals surface area (Å²) in [7, 11) is 2.04. The van der Waals surface area contributed by atoms with E-state index in [4.69, 9.17) is 4.74 Å². The summed E-state index contributed by atoms with van der Waals surface area (Å²) in [4.78, 5) is 18.2. The zero-order chi connectivity index (χ0) is 16.7. The normalized spacial score (nSPS) is 18.8. The summed E-state index contributed by atoms with van der Waals surface area (Å²) < 4.78 is 5.49. The van der Waals surface area contributed by atoms with Gasteiger partial charge >= 0.3 is 0 Å². The lowest BCUT2D eigenvalue weighted by molar-refractivity contribution is -0.125.